The fraction of sp³-hybridized carbons (Fsp3) is 0.429. The van der Waals surface area contributed by atoms with Gasteiger partial charge in [-0.1, -0.05) is 0 Å². The van der Waals surface area contributed by atoms with Crippen LogP contribution in [0.3, 0.4) is 0 Å². The van der Waals surface area contributed by atoms with E-state index in [2.05, 4.69) is 9.97 Å². The SMILES string of the molecule is CCOC(=O)c1sc2nc([C@H](C)OC(C)=O)[nH]c(=O)c2c1C. The van der Waals surface area contributed by atoms with Crippen LogP contribution in [0, 0.1) is 6.92 Å². The van der Waals surface area contributed by atoms with Gasteiger partial charge in [0.1, 0.15) is 9.71 Å². The van der Waals surface area contributed by atoms with Gasteiger partial charge in [-0.05, 0) is 26.3 Å². The molecule has 0 bridgehead atoms. The maximum atomic E-state index is 12.2. The van der Waals surface area contributed by atoms with Gasteiger partial charge in [-0.3, -0.25) is 9.59 Å². The van der Waals surface area contributed by atoms with Crippen LogP contribution in [-0.4, -0.2) is 28.5 Å². The van der Waals surface area contributed by atoms with E-state index >= 15 is 0 Å². The Morgan fingerprint density at radius 1 is 1.41 bits per heavy atom. The van der Waals surface area contributed by atoms with E-state index < -0.39 is 18.0 Å². The molecule has 2 aromatic heterocycles. The summed E-state index contributed by atoms with van der Waals surface area (Å²) in [7, 11) is 0. The van der Waals surface area contributed by atoms with Crippen molar-refractivity contribution in [1.82, 2.24) is 9.97 Å². The van der Waals surface area contributed by atoms with Crippen LogP contribution in [0.5, 0.6) is 0 Å². The summed E-state index contributed by atoms with van der Waals surface area (Å²) in [4.78, 5) is 42.8. The van der Waals surface area contributed by atoms with Gasteiger partial charge in [-0.25, -0.2) is 9.78 Å². The molecule has 0 spiro atoms. The van der Waals surface area contributed by atoms with Crippen LogP contribution in [0.4, 0.5) is 0 Å². The van der Waals surface area contributed by atoms with Crippen LogP contribution in [-0.2, 0) is 14.3 Å². The van der Waals surface area contributed by atoms with Crippen molar-refractivity contribution in [3.63, 3.8) is 0 Å². The number of ether oxygens (including phenoxy) is 2. The normalized spacial score (nSPS) is 12.2. The lowest BCUT2D eigenvalue weighted by Crippen LogP contribution is -2.16. The van der Waals surface area contributed by atoms with Crippen molar-refractivity contribution >= 4 is 33.5 Å². The molecule has 0 aliphatic rings. The smallest absolute Gasteiger partial charge is 0.348 e. The van der Waals surface area contributed by atoms with E-state index in [-0.39, 0.29) is 18.0 Å². The molecule has 0 unspecified atom stereocenters. The predicted molar refractivity (Wildman–Crippen MR) is 81.1 cm³/mol. The van der Waals surface area contributed by atoms with Crippen LogP contribution in [0.2, 0.25) is 0 Å². The number of hydrogen-bond donors (Lipinski definition) is 1. The highest BCUT2D eigenvalue weighted by Gasteiger charge is 2.21. The van der Waals surface area contributed by atoms with Crippen molar-refractivity contribution in [2.45, 2.75) is 33.8 Å². The fourth-order valence-electron chi connectivity index (χ4n) is 2.05. The summed E-state index contributed by atoms with van der Waals surface area (Å²) in [5, 5.41) is 0.354. The Morgan fingerprint density at radius 2 is 2.09 bits per heavy atom. The van der Waals surface area contributed by atoms with E-state index in [1.807, 2.05) is 0 Å². The van der Waals surface area contributed by atoms with E-state index in [0.29, 0.717) is 20.7 Å². The van der Waals surface area contributed by atoms with Gasteiger partial charge < -0.3 is 14.5 Å². The number of hydrogen-bond acceptors (Lipinski definition) is 7. The van der Waals surface area contributed by atoms with Crippen LogP contribution in [0.1, 0.15) is 47.9 Å². The van der Waals surface area contributed by atoms with Crippen molar-refractivity contribution < 1.29 is 19.1 Å². The minimum Gasteiger partial charge on any atom is -0.462 e. The predicted octanol–water partition coefficient (Wildman–Crippen LogP) is 2.09. The maximum Gasteiger partial charge on any atom is 0.348 e. The second-order valence-electron chi connectivity index (χ2n) is 4.66. The number of nitrogens with zero attached hydrogens (tertiary/aromatic N) is 1. The molecule has 0 saturated carbocycles. The second-order valence-corrected chi connectivity index (χ2v) is 5.66. The third kappa shape index (κ3) is 3.01. The summed E-state index contributed by atoms with van der Waals surface area (Å²) >= 11 is 1.09. The molecule has 0 aromatic carbocycles. The topological polar surface area (TPSA) is 98.3 Å². The minimum atomic E-state index is -0.678. The molecule has 7 nitrogen and oxygen atoms in total. The van der Waals surface area contributed by atoms with Crippen LogP contribution < -0.4 is 5.56 Å². The zero-order chi connectivity index (χ0) is 16.4. The first-order valence-corrected chi connectivity index (χ1v) is 7.54. The lowest BCUT2D eigenvalue weighted by molar-refractivity contribution is -0.146. The van der Waals surface area contributed by atoms with Crippen LogP contribution >= 0.6 is 11.3 Å². The van der Waals surface area contributed by atoms with Gasteiger partial charge in [0, 0.05) is 6.92 Å². The van der Waals surface area contributed by atoms with Crippen molar-refractivity contribution in [3.8, 4) is 0 Å². The van der Waals surface area contributed by atoms with Gasteiger partial charge in [0.05, 0.1) is 12.0 Å². The van der Waals surface area contributed by atoms with E-state index in [9.17, 15) is 14.4 Å². The number of thiophene rings is 1. The highest BCUT2D eigenvalue weighted by molar-refractivity contribution is 7.20. The Kier molecular flexibility index (Phi) is 4.60. The largest absolute Gasteiger partial charge is 0.462 e. The molecule has 0 aliphatic carbocycles. The molecule has 8 heteroatoms. The molecule has 1 atom stereocenters. The Morgan fingerprint density at radius 3 is 2.68 bits per heavy atom. The molecular weight excluding hydrogens is 308 g/mol. The highest BCUT2D eigenvalue weighted by atomic mass is 32.1. The Bertz CT molecular complexity index is 792. The van der Waals surface area contributed by atoms with Crippen LogP contribution in [0.25, 0.3) is 10.2 Å². The van der Waals surface area contributed by atoms with E-state index in [4.69, 9.17) is 9.47 Å². The first kappa shape index (κ1) is 16.2. The summed E-state index contributed by atoms with van der Waals surface area (Å²) in [5.41, 5.74) is 0.169. The van der Waals surface area contributed by atoms with Gasteiger partial charge >= 0.3 is 11.9 Å². The average molecular weight is 324 g/mol. The third-order valence-electron chi connectivity index (χ3n) is 3.01. The number of aromatic nitrogens is 2. The number of rotatable bonds is 4. The zero-order valence-corrected chi connectivity index (χ0v) is 13.5. The van der Waals surface area contributed by atoms with Crippen LogP contribution in [0.15, 0.2) is 4.79 Å². The molecule has 0 amide bonds. The van der Waals surface area contributed by atoms with E-state index in [1.54, 1.807) is 20.8 Å². The molecule has 0 fully saturated rings. The summed E-state index contributed by atoms with van der Waals surface area (Å²) in [6, 6.07) is 0. The number of carbonyl (C=O) groups is 2. The number of nitrogens with one attached hydrogen (secondary N) is 1. The fourth-order valence-corrected chi connectivity index (χ4v) is 3.13. The summed E-state index contributed by atoms with van der Waals surface area (Å²) in [5.74, 6) is -0.703. The van der Waals surface area contributed by atoms with Gasteiger partial charge in [-0.15, -0.1) is 11.3 Å². The number of H-pyrrole nitrogens is 1. The van der Waals surface area contributed by atoms with Gasteiger partial charge in [-0.2, -0.15) is 0 Å². The minimum absolute atomic E-state index is 0.240. The Labute approximate surface area is 130 Å². The van der Waals surface area contributed by atoms with Gasteiger partial charge in [0.15, 0.2) is 11.9 Å². The molecule has 2 aromatic rings. The second kappa shape index (κ2) is 6.27. The highest BCUT2D eigenvalue weighted by Crippen LogP contribution is 2.28. The number of fused-ring (bicyclic) bond motifs is 1. The quantitative estimate of drug-likeness (QED) is 0.865. The summed E-state index contributed by atoms with van der Waals surface area (Å²) < 4.78 is 9.98. The van der Waals surface area contributed by atoms with Crippen molar-refractivity contribution in [1.29, 1.82) is 0 Å². The summed E-state index contributed by atoms with van der Waals surface area (Å²) in [6.45, 7) is 6.53. The van der Waals surface area contributed by atoms with E-state index in [1.165, 1.54) is 6.92 Å². The number of aromatic amines is 1. The molecule has 0 radical (unpaired) electrons. The standard InChI is InChI=1S/C14H16N2O5S/c1-5-20-14(19)10-6(2)9-12(18)15-11(16-13(9)22-10)7(3)21-8(4)17/h7H,5H2,1-4H3,(H,15,16,18)/t7-/m0/s1. The third-order valence-corrected chi connectivity index (χ3v) is 4.17. The first-order valence-electron chi connectivity index (χ1n) is 6.72. The van der Waals surface area contributed by atoms with Gasteiger partial charge in [0.25, 0.3) is 5.56 Å². The maximum absolute atomic E-state index is 12.2. The van der Waals surface area contributed by atoms with Crippen molar-refractivity contribution in [3.05, 3.63) is 26.6 Å². The number of carbonyl (C=O) groups excluding carboxylic acids is 2. The van der Waals surface area contributed by atoms with Gasteiger partial charge in [0.2, 0.25) is 0 Å². The molecule has 2 heterocycles. The van der Waals surface area contributed by atoms with E-state index in [0.717, 1.165) is 11.3 Å². The monoisotopic (exact) mass is 324 g/mol. The molecular formula is C14H16N2O5S. The lowest BCUT2D eigenvalue weighted by Gasteiger charge is -2.10. The average Bonchev–Trinajstić information content (AvgIpc) is 2.76. The zero-order valence-electron chi connectivity index (χ0n) is 12.7. The number of aryl methyl sites for hydroxylation is 1. The lowest BCUT2D eigenvalue weighted by atomic mass is 10.2. The Hall–Kier alpha value is -2.22. The van der Waals surface area contributed by atoms with Crippen molar-refractivity contribution in [2.75, 3.05) is 6.61 Å². The molecule has 0 aliphatic heterocycles. The molecule has 2 rings (SSSR count). The molecule has 118 valence electrons. The summed E-state index contributed by atoms with van der Waals surface area (Å²) in [6.07, 6.45) is -0.678. The number of esters is 2. The molecule has 22 heavy (non-hydrogen) atoms. The first-order chi connectivity index (χ1) is 10.3. The Balaban J connectivity index is 2.54. The van der Waals surface area contributed by atoms with Crippen molar-refractivity contribution in [2.24, 2.45) is 0 Å². The molecule has 0 saturated heterocycles. The molecule has 1 N–H and O–H groups in total.